The van der Waals surface area contributed by atoms with Crippen molar-refractivity contribution in [1.82, 2.24) is 4.90 Å². The number of rotatable bonds is 8. The van der Waals surface area contributed by atoms with Crippen molar-refractivity contribution >= 4 is 0 Å². The van der Waals surface area contributed by atoms with E-state index >= 15 is 0 Å². The van der Waals surface area contributed by atoms with Crippen LogP contribution in [0.2, 0.25) is 0 Å². The zero-order valence-electron chi connectivity index (χ0n) is 15.1. The van der Waals surface area contributed by atoms with E-state index < -0.39 is 0 Å². The highest BCUT2D eigenvalue weighted by atomic mass is 16.5. The molecule has 4 heteroatoms. The first-order valence-corrected chi connectivity index (χ1v) is 8.83. The molecule has 1 atom stereocenters. The van der Waals surface area contributed by atoms with Gasteiger partial charge in [-0.2, -0.15) is 0 Å². The van der Waals surface area contributed by atoms with Crippen LogP contribution in [-0.4, -0.2) is 38.8 Å². The van der Waals surface area contributed by atoms with Crippen LogP contribution < -0.4 is 9.47 Å². The Morgan fingerprint density at radius 1 is 1.00 bits per heavy atom. The lowest BCUT2D eigenvalue weighted by atomic mass is 10.1. The van der Waals surface area contributed by atoms with E-state index in [-0.39, 0.29) is 0 Å². The molecule has 1 aliphatic rings. The fraction of sp³-hybridized carbons (Fsp3) is 0.429. The van der Waals surface area contributed by atoms with Crippen LogP contribution >= 0.6 is 0 Å². The van der Waals surface area contributed by atoms with E-state index in [2.05, 4.69) is 29.2 Å². The average Bonchev–Trinajstić information content (AvgIpc) is 3.08. The molecule has 134 valence electrons. The fourth-order valence-corrected chi connectivity index (χ4v) is 3.35. The van der Waals surface area contributed by atoms with E-state index in [9.17, 15) is 0 Å². The third kappa shape index (κ3) is 4.97. The summed E-state index contributed by atoms with van der Waals surface area (Å²) in [6, 6.07) is 16.4. The van der Waals surface area contributed by atoms with Gasteiger partial charge in [0.05, 0.1) is 13.7 Å². The molecule has 3 rings (SSSR count). The minimum absolute atomic E-state index is 0.542. The predicted molar refractivity (Wildman–Crippen MR) is 99.0 cm³/mol. The molecule has 0 bridgehead atoms. The maximum Gasteiger partial charge on any atom is 0.161 e. The second-order valence-electron chi connectivity index (χ2n) is 6.60. The topological polar surface area (TPSA) is 30.9 Å². The SMILES string of the molecule is COC[C@H]1CCN(Cc2ccc(OC)c(OCc3ccccc3)c2)C1. The van der Waals surface area contributed by atoms with Gasteiger partial charge in [-0.15, -0.1) is 0 Å². The number of hydrogen-bond donors (Lipinski definition) is 0. The van der Waals surface area contributed by atoms with Crippen molar-refractivity contribution in [2.75, 3.05) is 33.9 Å². The fourth-order valence-electron chi connectivity index (χ4n) is 3.35. The number of likely N-dealkylation sites (tertiary alicyclic amines) is 1. The van der Waals surface area contributed by atoms with Gasteiger partial charge in [-0.05, 0) is 42.1 Å². The molecule has 25 heavy (non-hydrogen) atoms. The van der Waals surface area contributed by atoms with Gasteiger partial charge in [0.15, 0.2) is 11.5 Å². The van der Waals surface area contributed by atoms with E-state index in [0.717, 1.165) is 43.3 Å². The van der Waals surface area contributed by atoms with Crippen molar-refractivity contribution in [3.63, 3.8) is 0 Å². The molecule has 1 fully saturated rings. The largest absolute Gasteiger partial charge is 0.493 e. The summed E-state index contributed by atoms with van der Waals surface area (Å²) in [6.45, 7) is 4.55. The van der Waals surface area contributed by atoms with Crippen molar-refractivity contribution < 1.29 is 14.2 Å². The first-order chi connectivity index (χ1) is 12.3. The Labute approximate surface area is 150 Å². The number of nitrogens with zero attached hydrogens (tertiary/aromatic N) is 1. The zero-order valence-corrected chi connectivity index (χ0v) is 15.1. The van der Waals surface area contributed by atoms with Crippen LogP contribution in [0.5, 0.6) is 11.5 Å². The Morgan fingerprint density at radius 2 is 1.84 bits per heavy atom. The molecule has 1 heterocycles. The highest BCUT2D eigenvalue weighted by Gasteiger charge is 2.22. The molecular formula is C21H27NO3. The molecule has 2 aromatic carbocycles. The van der Waals surface area contributed by atoms with Gasteiger partial charge in [0.2, 0.25) is 0 Å². The van der Waals surface area contributed by atoms with E-state index in [1.165, 1.54) is 12.0 Å². The molecule has 1 aliphatic heterocycles. The molecule has 0 aliphatic carbocycles. The van der Waals surface area contributed by atoms with Crippen LogP contribution in [0, 0.1) is 5.92 Å². The van der Waals surface area contributed by atoms with Gasteiger partial charge in [0.25, 0.3) is 0 Å². The second kappa shape index (κ2) is 8.88. The Morgan fingerprint density at radius 3 is 2.60 bits per heavy atom. The molecule has 0 radical (unpaired) electrons. The van der Waals surface area contributed by atoms with Crippen LogP contribution in [0.15, 0.2) is 48.5 Å². The molecule has 4 nitrogen and oxygen atoms in total. The summed E-state index contributed by atoms with van der Waals surface area (Å²) >= 11 is 0. The molecule has 0 N–H and O–H groups in total. The van der Waals surface area contributed by atoms with Gasteiger partial charge in [0.1, 0.15) is 6.61 Å². The maximum atomic E-state index is 6.02. The van der Waals surface area contributed by atoms with Crippen LogP contribution in [-0.2, 0) is 17.9 Å². The number of ether oxygens (including phenoxy) is 3. The molecule has 0 spiro atoms. The standard InChI is InChI=1S/C21H27NO3/c1-23-15-19-10-11-22(14-19)13-18-8-9-20(24-2)21(12-18)25-16-17-6-4-3-5-7-17/h3-9,12,19H,10-11,13-16H2,1-2H3/t19-/m0/s1. The predicted octanol–water partition coefficient (Wildman–Crippen LogP) is 3.74. The molecule has 2 aromatic rings. The minimum atomic E-state index is 0.542. The summed E-state index contributed by atoms with van der Waals surface area (Å²) in [5, 5.41) is 0. The lowest BCUT2D eigenvalue weighted by Gasteiger charge is -2.18. The van der Waals surface area contributed by atoms with Gasteiger partial charge >= 0.3 is 0 Å². The quantitative estimate of drug-likeness (QED) is 0.732. The normalized spacial score (nSPS) is 17.6. The first kappa shape index (κ1) is 17.8. The Hall–Kier alpha value is -2.04. The van der Waals surface area contributed by atoms with Crippen molar-refractivity contribution in [2.24, 2.45) is 5.92 Å². The van der Waals surface area contributed by atoms with Gasteiger partial charge in [-0.3, -0.25) is 4.90 Å². The summed E-state index contributed by atoms with van der Waals surface area (Å²) in [4.78, 5) is 2.48. The smallest absolute Gasteiger partial charge is 0.161 e. The molecular weight excluding hydrogens is 314 g/mol. The Balaban J connectivity index is 1.63. The second-order valence-corrected chi connectivity index (χ2v) is 6.60. The minimum Gasteiger partial charge on any atom is -0.493 e. The summed E-state index contributed by atoms with van der Waals surface area (Å²) in [7, 11) is 3.46. The number of hydrogen-bond acceptors (Lipinski definition) is 4. The van der Waals surface area contributed by atoms with Crippen molar-refractivity contribution in [3.8, 4) is 11.5 Å². The van der Waals surface area contributed by atoms with Crippen LogP contribution in [0.3, 0.4) is 0 Å². The van der Waals surface area contributed by atoms with Gasteiger partial charge < -0.3 is 14.2 Å². The van der Waals surface area contributed by atoms with E-state index in [0.29, 0.717) is 12.5 Å². The average molecular weight is 341 g/mol. The lowest BCUT2D eigenvalue weighted by Crippen LogP contribution is -2.21. The van der Waals surface area contributed by atoms with Crippen LogP contribution in [0.25, 0.3) is 0 Å². The van der Waals surface area contributed by atoms with Crippen molar-refractivity contribution in [2.45, 2.75) is 19.6 Å². The summed E-state index contributed by atoms with van der Waals surface area (Å²) < 4.78 is 16.8. The van der Waals surface area contributed by atoms with Crippen LogP contribution in [0.4, 0.5) is 0 Å². The van der Waals surface area contributed by atoms with E-state index in [1.54, 1.807) is 14.2 Å². The van der Waals surface area contributed by atoms with E-state index in [4.69, 9.17) is 14.2 Å². The lowest BCUT2D eigenvalue weighted by molar-refractivity contribution is 0.152. The maximum absolute atomic E-state index is 6.02. The van der Waals surface area contributed by atoms with Crippen LogP contribution in [0.1, 0.15) is 17.5 Å². The van der Waals surface area contributed by atoms with Gasteiger partial charge in [0, 0.05) is 20.2 Å². The summed E-state index contributed by atoms with van der Waals surface area (Å²) in [5.41, 5.74) is 2.40. The molecule has 0 unspecified atom stereocenters. The molecule has 0 saturated carbocycles. The van der Waals surface area contributed by atoms with E-state index in [1.807, 2.05) is 24.3 Å². The van der Waals surface area contributed by atoms with Crippen molar-refractivity contribution in [1.29, 1.82) is 0 Å². The Kier molecular flexibility index (Phi) is 6.31. The summed E-state index contributed by atoms with van der Waals surface area (Å²) in [5.74, 6) is 2.23. The van der Waals surface area contributed by atoms with Gasteiger partial charge in [-0.1, -0.05) is 36.4 Å². The monoisotopic (exact) mass is 341 g/mol. The van der Waals surface area contributed by atoms with Gasteiger partial charge in [-0.25, -0.2) is 0 Å². The number of benzene rings is 2. The molecule has 1 saturated heterocycles. The first-order valence-electron chi connectivity index (χ1n) is 8.83. The third-order valence-corrected chi connectivity index (χ3v) is 4.64. The zero-order chi connectivity index (χ0) is 17.5. The molecule has 0 aromatic heterocycles. The highest BCUT2D eigenvalue weighted by Crippen LogP contribution is 2.30. The Bertz CT molecular complexity index is 659. The molecule has 0 amide bonds. The van der Waals surface area contributed by atoms with Crippen molar-refractivity contribution in [3.05, 3.63) is 59.7 Å². The highest BCUT2D eigenvalue weighted by molar-refractivity contribution is 5.43. The summed E-state index contributed by atoms with van der Waals surface area (Å²) in [6.07, 6.45) is 1.21. The number of methoxy groups -OCH3 is 2. The third-order valence-electron chi connectivity index (χ3n) is 4.64.